The Balaban J connectivity index is 2.07. The molecule has 4 nitrogen and oxygen atoms in total. The number of carbonyl (C=O) groups is 1. The first-order chi connectivity index (χ1) is 10.1. The van der Waals surface area contributed by atoms with Gasteiger partial charge in [0.2, 0.25) is 5.91 Å². The zero-order valence-electron chi connectivity index (χ0n) is 12.3. The summed E-state index contributed by atoms with van der Waals surface area (Å²) in [5, 5.41) is 5.62. The third-order valence-electron chi connectivity index (χ3n) is 4.54. The first-order valence-electron chi connectivity index (χ1n) is 7.37. The fourth-order valence-electron chi connectivity index (χ4n) is 3.08. The van der Waals surface area contributed by atoms with Gasteiger partial charge >= 0.3 is 0 Å². The van der Waals surface area contributed by atoms with Gasteiger partial charge in [-0.3, -0.25) is 9.69 Å². The van der Waals surface area contributed by atoms with E-state index in [-0.39, 0.29) is 5.91 Å². The number of carbonyl (C=O) groups excluding carboxylic acids is 1. The predicted octanol–water partition coefficient (Wildman–Crippen LogP) is 1.45. The molecule has 0 saturated carbocycles. The standard InChI is InChI=1S/C17H21N3O/c1-17(16(18)21,20-10-8-19-9-11-20)15-7-6-13-4-2-3-5-14(13)12-15/h2-7,12,19H,8-11H2,1H3,(H2,18,21). The van der Waals surface area contributed by atoms with E-state index < -0.39 is 5.54 Å². The summed E-state index contributed by atoms with van der Waals surface area (Å²) in [5.41, 5.74) is 5.99. The van der Waals surface area contributed by atoms with Gasteiger partial charge in [0.15, 0.2) is 0 Å². The summed E-state index contributed by atoms with van der Waals surface area (Å²) in [5.74, 6) is -0.292. The molecule has 1 heterocycles. The summed E-state index contributed by atoms with van der Waals surface area (Å²) in [6.45, 7) is 5.36. The average molecular weight is 283 g/mol. The van der Waals surface area contributed by atoms with E-state index in [2.05, 4.69) is 34.5 Å². The van der Waals surface area contributed by atoms with Crippen LogP contribution in [-0.4, -0.2) is 37.0 Å². The van der Waals surface area contributed by atoms with E-state index in [1.807, 2.05) is 25.1 Å². The molecule has 0 bridgehead atoms. The summed E-state index contributed by atoms with van der Waals surface area (Å²) < 4.78 is 0. The topological polar surface area (TPSA) is 58.4 Å². The number of nitrogens with two attached hydrogens (primary N) is 1. The molecule has 1 unspecified atom stereocenters. The maximum Gasteiger partial charge on any atom is 0.242 e. The SMILES string of the molecule is CC(C(N)=O)(c1ccc2ccccc2c1)N1CCNCC1. The van der Waals surface area contributed by atoms with Crippen molar-refractivity contribution in [3.63, 3.8) is 0 Å². The Bertz CT molecular complexity index is 664. The summed E-state index contributed by atoms with van der Waals surface area (Å²) in [6.07, 6.45) is 0. The van der Waals surface area contributed by atoms with Crippen LogP contribution >= 0.6 is 0 Å². The van der Waals surface area contributed by atoms with Gasteiger partial charge in [0.25, 0.3) is 0 Å². The van der Waals surface area contributed by atoms with Crippen molar-refractivity contribution in [3.05, 3.63) is 48.0 Å². The minimum atomic E-state index is -0.758. The number of amides is 1. The molecule has 1 saturated heterocycles. The molecule has 0 spiro atoms. The minimum Gasteiger partial charge on any atom is -0.368 e. The van der Waals surface area contributed by atoms with E-state index in [1.165, 1.54) is 5.39 Å². The lowest BCUT2D eigenvalue weighted by Crippen LogP contribution is -2.58. The maximum atomic E-state index is 12.2. The number of hydrogen-bond acceptors (Lipinski definition) is 3. The highest BCUT2D eigenvalue weighted by atomic mass is 16.1. The molecule has 21 heavy (non-hydrogen) atoms. The van der Waals surface area contributed by atoms with Gasteiger partial charge in [0.1, 0.15) is 5.54 Å². The van der Waals surface area contributed by atoms with Crippen molar-refractivity contribution in [2.75, 3.05) is 26.2 Å². The molecule has 0 aromatic heterocycles. The third kappa shape index (κ3) is 2.41. The number of nitrogens with one attached hydrogen (secondary N) is 1. The Morgan fingerprint density at radius 1 is 1.14 bits per heavy atom. The van der Waals surface area contributed by atoms with Crippen LogP contribution in [-0.2, 0) is 10.3 Å². The lowest BCUT2D eigenvalue weighted by atomic mass is 9.87. The van der Waals surface area contributed by atoms with Crippen LogP contribution in [0.25, 0.3) is 10.8 Å². The highest BCUT2D eigenvalue weighted by Crippen LogP contribution is 2.30. The van der Waals surface area contributed by atoms with E-state index >= 15 is 0 Å². The molecule has 1 atom stereocenters. The monoisotopic (exact) mass is 283 g/mol. The molecule has 0 radical (unpaired) electrons. The van der Waals surface area contributed by atoms with Gasteiger partial charge in [-0.05, 0) is 29.3 Å². The number of primary amides is 1. The fourth-order valence-corrected chi connectivity index (χ4v) is 3.08. The fraction of sp³-hybridized carbons (Fsp3) is 0.353. The van der Waals surface area contributed by atoms with E-state index in [9.17, 15) is 4.79 Å². The first kappa shape index (κ1) is 14.0. The van der Waals surface area contributed by atoms with E-state index in [0.717, 1.165) is 37.1 Å². The second-order valence-electron chi connectivity index (χ2n) is 5.74. The second-order valence-corrected chi connectivity index (χ2v) is 5.74. The van der Waals surface area contributed by atoms with Crippen molar-refractivity contribution in [1.82, 2.24) is 10.2 Å². The van der Waals surface area contributed by atoms with Crippen molar-refractivity contribution in [2.24, 2.45) is 5.73 Å². The van der Waals surface area contributed by atoms with Crippen LogP contribution < -0.4 is 11.1 Å². The van der Waals surface area contributed by atoms with E-state index in [0.29, 0.717) is 0 Å². The number of nitrogens with zero attached hydrogens (tertiary/aromatic N) is 1. The molecule has 2 aromatic rings. The molecular weight excluding hydrogens is 262 g/mol. The van der Waals surface area contributed by atoms with Gasteiger partial charge in [-0.2, -0.15) is 0 Å². The molecule has 1 amide bonds. The quantitative estimate of drug-likeness (QED) is 0.896. The Morgan fingerprint density at radius 2 is 1.81 bits per heavy atom. The summed E-state index contributed by atoms with van der Waals surface area (Å²) in [4.78, 5) is 14.4. The second kappa shape index (κ2) is 5.47. The summed E-state index contributed by atoms with van der Waals surface area (Å²) in [7, 11) is 0. The average Bonchev–Trinajstić information content (AvgIpc) is 2.54. The van der Waals surface area contributed by atoms with E-state index in [4.69, 9.17) is 5.73 Å². The third-order valence-corrected chi connectivity index (χ3v) is 4.54. The van der Waals surface area contributed by atoms with Crippen molar-refractivity contribution < 1.29 is 4.79 Å². The van der Waals surface area contributed by atoms with Gasteiger partial charge in [0, 0.05) is 26.2 Å². The molecule has 3 rings (SSSR count). The zero-order valence-corrected chi connectivity index (χ0v) is 12.3. The smallest absolute Gasteiger partial charge is 0.242 e. The normalized spacial score (nSPS) is 19.3. The molecule has 1 aliphatic rings. The zero-order chi connectivity index (χ0) is 14.9. The molecular formula is C17H21N3O. The van der Waals surface area contributed by atoms with Gasteiger partial charge in [-0.1, -0.05) is 36.4 Å². The molecule has 2 aromatic carbocycles. The lowest BCUT2D eigenvalue weighted by molar-refractivity contribution is -0.130. The highest BCUT2D eigenvalue weighted by molar-refractivity contribution is 5.89. The molecule has 4 heteroatoms. The van der Waals surface area contributed by atoms with Gasteiger partial charge in [-0.25, -0.2) is 0 Å². The van der Waals surface area contributed by atoms with Crippen LogP contribution in [0, 0.1) is 0 Å². The Labute approximate surface area is 124 Å². The Hall–Kier alpha value is -1.91. The highest BCUT2D eigenvalue weighted by Gasteiger charge is 2.40. The Kier molecular flexibility index (Phi) is 3.66. The number of fused-ring (bicyclic) bond motifs is 1. The van der Waals surface area contributed by atoms with Gasteiger partial charge in [-0.15, -0.1) is 0 Å². The van der Waals surface area contributed by atoms with Gasteiger partial charge in [0.05, 0.1) is 0 Å². The van der Waals surface area contributed by atoms with Crippen LogP contribution in [0.5, 0.6) is 0 Å². The molecule has 3 N–H and O–H groups in total. The van der Waals surface area contributed by atoms with Crippen LogP contribution in [0.4, 0.5) is 0 Å². The number of rotatable bonds is 3. The first-order valence-corrected chi connectivity index (χ1v) is 7.37. The minimum absolute atomic E-state index is 0.292. The largest absolute Gasteiger partial charge is 0.368 e. The van der Waals surface area contributed by atoms with Crippen LogP contribution in [0.15, 0.2) is 42.5 Å². The maximum absolute atomic E-state index is 12.2. The van der Waals surface area contributed by atoms with Gasteiger partial charge < -0.3 is 11.1 Å². The summed E-state index contributed by atoms with van der Waals surface area (Å²) in [6, 6.07) is 14.3. The lowest BCUT2D eigenvalue weighted by Gasteiger charge is -2.41. The van der Waals surface area contributed by atoms with Crippen molar-refractivity contribution in [2.45, 2.75) is 12.5 Å². The number of benzene rings is 2. The number of piperazine rings is 1. The van der Waals surface area contributed by atoms with Crippen molar-refractivity contribution in [1.29, 1.82) is 0 Å². The molecule has 110 valence electrons. The molecule has 1 fully saturated rings. The molecule has 0 aliphatic carbocycles. The van der Waals surface area contributed by atoms with Crippen LogP contribution in [0.1, 0.15) is 12.5 Å². The molecule has 1 aliphatic heterocycles. The Morgan fingerprint density at radius 3 is 2.48 bits per heavy atom. The van der Waals surface area contributed by atoms with Crippen molar-refractivity contribution >= 4 is 16.7 Å². The predicted molar refractivity (Wildman–Crippen MR) is 84.9 cm³/mol. The van der Waals surface area contributed by atoms with Crippen LogP contribution in [0.2, 0.25) is 0 Å². The van der Waals surface area contributed by atoms with E-state index in [1.54, 1.807) is 0 Å². The van der Waals surface area contributed by atoms with Crippen molar-refractivity contribution in [3.8, 4) is 0 Å². The summed E-state index contributed by atoms with van der Waals surface area (Å²) >= 11 is 0. The number of hydrogen-bond donors (Lipinski definition) is 2. The van der Waals surface area contributed by atoms with Crippen LogP contribution in [0.3, 0.4) is 0 Å².